The highest BCUT2D eigenvalue weighted by Crippen LogP contribution is 2.63. The molecule has 0 spiro atoms. The van der Waals surface area contributed by atoms with Crippen LogP contribution < -0.4 is 5.73 Å². The first kappa shape index (κ1) is 45.1. The monoisotopic (exact) mass is 817 g/mol. The largest absolute Gasteiger partial charge is 0.472 e. The molecule has 1 aliphatic heterocycles. The fourth-order valence-electron chi connectivity index (χ4n) is 7.66. The average Bonchev–Trinajstić information content (AvgIpc) is 3.44. The number of aliphatic hydroxyl groups excluding tert-OH is 1. The summed E-state index contributed by atoms with van der Waals surface area (Å²) >= 11 is 0. The number of anilines is 1. The number of aliphatic hydroxyl groups is 2. The van der Waals surface area contributed by atoms with Crippen molar-refractivity contribution in [3.63, 3.8) is 0 Å². The summed E-state index contributed by atoms with van der Waals surface area (Å²) in [4.78, 5) is 14.6. The van der Waals surface area contributed by atoms with Gasteiger partial charge in [-0.2, -0.15) is 10.4 Å². The van der Waals surface area contributed by atoms with Crippen LogP contribution in [0.1, 0.15) is 133 Å². The minimum Gasteiger partial charge on any atom is -0.386 e. The molecule has 2 fully saturated rings. The maximum Gasteiger partial charge on any atom is 0.472 e. The van der Waals surface area contributed by atoms with Gasteiger partial charge in [0, 0.05) is 12.2 Å². The van der Waals surface area contributed by atoms with Gasteiger partial charge in [-0.25, -0.2) is 18.5 Å². The van der Waals surface area contributed by atoms with Crippen molar-refractivity contribution in [1.82, 2.24) is 14.6 Å². The lowest BCUT2D eigenvalue weighted by Crippen LogP contribution is -2.46. The Labute approximate surface area is 335 Å². The van der Waals surface area contributed by atoms with Crippen LogP contribution in [0.2, 0.25) is 0 Å². The van der Waals surface area contributed by atoms with Gasteiger partial charge in [-0.3, -0.25) is 9.05 Å². The number of halogens is 1. The molecule has 0 radical (unpaired) electrons. The van der Waals surface area contributed by atoms with Gasteiger partial charge in [0.05, 0.1) is 37.1 Å². The van der Waals surface area contributed by atoms with E-state index in [0.717, 1.165) is 19.3 Å². The number of nitrogens with two attached hydrogens (primary N) is 1. The number of fused-ring (bicyclic) bond motifs is 2. The number of ether oxygens (including phenoxy) is 3. The molecule has 1 aromatic carbocycles. The number of unbranched alkanes of at least 4 members (excludes halogenated alkanes) is 15. The third-order valence-corrected chi connectivity index (χ3v) is 12.1. The van der Waals surface area contributed by atoms with Gasteiger partial charge in [0.1, 0.15) is 47.7 Å². The summed E-state index contributed by atoms with van der Waals surface area (Å²) in [5.74, 6) is -0.355. The molecule has 2 unspecified atom stereocenters. The Kier molecular flexibility index (Phi) is 16.8. The smallest absolute Gasteiger partial charge is 0.386 e. The second kappa shape index (κ2) is 21.3. The number of hydrogen-bond donors (Lipinski definition) is 4. The molecule has 3 aromatic rings. The molecule has 0 bridgehead atoms. The van der Waals surface area contributed by atoms with Crippen LogP contribution in [0.4, 0.5) is 10.2 Å². The fraction of sp³-hybridized carbons (Fsp3) is 0.683. The van der Waals surface area contributed by atoms with Crippen LogP contribution in [0.3, 0.4) is 0 Å². The molecule has 1 saturated carbocycles. The molecule has 2 aliphatic rings. The van der Waals surface area contributed by atoms with Crippen LogP contribution >= 0.6 is 7.82 Å². The number of nitriles is 1. The molecule has 16 heteroatoms. The number of hydrogen-bond acceptors (Lipinski definition) is 12. The Balaban J connectivity index is 1.03. The molecule has 1 aliphatic carbocycles. The molecular formula is C41H61FN5O9P. The predicted octanol–water partition coefficient (Wildman–Crippen LogP) is 7.41. The number of phosphoric acid groups is 1. The van der Waals surface area contributed by atoms with E-state index in [9.17, 15) is 29.3 Å². The van der Waals surface area contributed by atoms with Crippen molar-refractivity contribution in [3.05, 3.63) is 59.3 Å². The average molecular weight is 818 g/mol. The van der Waals surface area contributed by atoms with E-state index in [2.05, 4.69) is 17.0 Å². The molecule has 5 N–H and O–H groups in total. The Hall–Kier alpha value is -3.03. The molecule has 7 atom stereocenters. The number of rotatable bonds is 28. The van der Waals surface area contributed by atoms with Crippen molar-refractivity contribution in [2.75, 3.05) is 25.6 Å². The number of benzene rings is 1. The number of aromatic nitrogens is 3. The molecule has 1 saturated heterocycles. The van der Waals surface area contributed by atoms with Gasteiger partial charge >= 0.3 is 7.82 Å². The Bertz CT molecular complexity index is 1810. The molecule has 0 amide bonds. The zero-order valence-electron chi connectivity index (χ0n) is 33.4. The van der Waals surface area contributed by atoms with Gasteiger partial charge in [0.25, 0.3) is 0 Å². The minimum absolute atomic E-state index is 0.0200. The van der Waals surface area contributed by atoms with Crippen molar-refractivity contribution in [2.24, 2.45) is 0 Å². The van der Waals surface area contributed by atoms with E-state index in [1.54, 1.807) is 19.1 Å². The lowest BCUT2D eigenvalue weighted by Gasteiger charge is -2.32. The van der Waals surface area contributed by atoms with Crippen LogP contribution in [-0.4, -0.2) is 79.5 Å². The van der Waals surface area contributed by atoms with Crippen LogP contribution in [0, 0.1) is 17.1 Å². The number of phosphoric ester groups is 1. The van der Waals surface area contributed by atoms with Gasteiger partial charge in [-0.1, -0.05) is 103 Å². The Morgan fingerprint density at radius 3 is 2.23 bits per heavy atom. The van der Waals surface area contributed by atoms with E-state index in [1.807, 2.05) is 6.07 Å². The first-order chi connectivity index (χ1) is 27.4. The van der Waals surface area contributed by atoms with Gasteiger partial charge in [-0.15, -0.1) is 0 Å². The van der Waals surface area contributed by atoms with Crippen LogP contribution in [0.25, 0.3) is 5.52 Å². The lowest BCUT2D eigenvalue weighted by atomic mass is 9.91. The Morgan fingerprint density at radius 2 is 1.63 bits per heavy atom. The Morgan fingerprint density at radius 1 is 1.00 bits per heavy atom. The first-order valence-corrected chi connectivity index (χ1v) is 22.1. The standard InChI is InChI=1S/C41H61FN5O9P/c1-3-4-5-6-7-8-9-10-11-12-13-14-15-16-17-18-23-52-27-32(53-26-31-24-30(25-43)19-20-33(31)42)28-54-57(50,51)56-37-36-41(37,49)39(48)40(2,55-36)35-22-21-34-38(44)45-29-46-47(34)35/h19-22,24,29,32,36-37,39,48-49H,3-18,23,26-28H2,1-2H3,(H,50,51)(H2,44,45,46)/t32-,36-,37?,39+,40+,41+/m1/s1. The molecule has 3 heterocycles. The van der Waals surface area contributed by atoms with Crippen LogP contribution in [-0.2, 0) is 40.0 Å². The first-order valence-electron chi connectivity index (χ1n) is 20.6. The highest BCUT2D eigenvalue weighted by molar-refractivity contribution is 7.47. The summed E-state index contributed by atoms with van der Waals surface area (Å²) in [7, 11) is -4.85. The lowest BCUT2D eigenvalue weighted by molar-refractivity contribution is -0.127. The van der Waals surface area contributed by atoms with Crippen molar-refractivity contribution in [1.29, 1.82) is 5.26 Å². The van der Waals surface area contributed by atoms with E-state index in [0.29, 0.717) is 17.8 Å². The molecular weight excluding hydrogens is 756 g/mol. The molecule has 5 rings (SSSR count). The second-order valence-electron chi connectivity index (χ2n) is 15.6. The quantitative estimate of drug-likeness (QED) is 0.0417. The van der Waals surface area contributed by atoms with Crippen molar-refractivity contribution in [2.45, 2.75) is 159 Å². The summed E-state index contributed by atoms with van der Waals surface area (Å²) in [6.07, 6.45) is 16.3. The third kappa shape index (κ3) is 11.8. The molecule has 316 valence electrons. The van der Waals surface area contributed by atoms with Crippen molar-refractivity contribution in [3.8, 4) is 6.07 Å². The van der Waals surface area contributed by atoms with Gasteiger partial charge in [-0.05, 0) is 43.7 Å². The summed E-state index contributed by atoms with van der Waals surface area (Å²) < 4.78 is 57.4. The van der Waals surface area contributed by atoms with Gasteiger partial charge in [0.2, 0.25) is 0 Å². The van der Waals surface area contributed by atoms with E-state index in [1.165, 1.54) is 113 Å². The minimum atomic E-state index is -4.85. The molecule has 57 heavy (non-hydrogen) atoms. The van der Waals surface area contributed by atoms with E-state index in [4.69, 9.17) is 29.0 Å². The maximum absolute atomic E-state index is 14.5. The second-order valence-corrected chi connectivity index (χ2v) is 17.0. The summed E-state index contributed by atoms with van der Waals surface area (Å²) in [6.45, 7) is 3.51. The summed E-state index contributed by atoms with van der Waals surface area (Å²) in [6, 6.07) is 9.16. The third-order valence-electron chi connectivity index (χ3n) is 11.2. The number of nitrogens with zero attached hydrogens (tertiary/aromatic N) is 4. The van der Waals surface area contributed by atoms with Gasteiger partial charge < -0.3 is 35.1 Å². The highest BCUT2D eigenvalue weighted by Gasteiger charge is 2.82. The van der Waals surface area contributed by atoms with Crippen molar-refractivity contribution < 1.29 is 47.3 Å². The zero-order valence-corrected chi connectivity index (χ0v) is 34.3. The zero-order chi connectivity index (χ0) is 40.9. The molecule has 2 aromatic heterocycles. The van der Waals surface area contributed by atoms with E-state index in [-0.39, 0.29) is 30.2 Å². The van der Waals surface area contributed by atoms with Crippen LogP contribution in [0.15, 0.2) is 36.7 Å². The normalized spacial score (nSPS) is 24.3. The van der Waals surface area contributed by atoms with Crippen molar-refractivity contribution >= 4 is 19.2 Å². The summed E-state index contributed by atoms with van der Waals surface area (Å²) in [5.41, 5.74) is 3.71. The van der Waals surface area contributed by atoms with Gasteiger partial charge in [0.15, 0.2) is 11.4 Å². The number of nitrogen functional groups attached to an aromatic ring is 1. The fourth-order valence-corrected chi connectivity index (χ4v) is 8.64. The SMILES string of the molecule is CCCCCCCCCCCCCCCCCCOC[C@H](COP(=O)(O)OC1[C@H]2O[C@@](C)(c3ccc4c(N)ncnn34)[C@H](O)[C@@]12O)OCc1cc(C#N)ccc1F. The van der Waals surface area contributed by atoms with Crippen LogP contribution in [0.5, 0.6) is 0 Å². The van der Waals surface area contributed by atoms with E-state index < -0.39 is 55.9 Å². The topological polar surface area (TPSA) is 204 Å². The predicted molar refractivity (Wildman–Crippen MR) is 211 cm³/mol. The summed E-state index contributed by atoms with van der Waals surface area (Å²) in [5, 5.41) is 36.0. The van der Waals surface area contributed by atoms with E-state index >= 15 is 0 Å². The maximum atomic E-state index is 14.5. The highest BCUT2D eigenvalue weighted by atomic mass is 31.2. The molecule has 14 nitrogen and oxygen atoms in total.